The van der Waals surface area contributed by atoms with E-state index >= 15 is 0 Å². The third kappa shape index (κ3) is 2.59. The molecule has 1 fully saturated rings. The third-order valence-electron chi connectivity index (χ3n) is 3.38. The molecule has 3 heteroatoms. The van der Waals surface area contributed by atoms with Crippen LogP contribution < -0.4 is 5.32 Å². The lowest BCUT2D eigenvalue weighted by Gasteiger charge is -2.38. The van der Waals surface area contributed by atoms with Crippen molar-refractivity contribution >= 4 is 0 Å². The van der Waals surface area contributed by atoms with Crippen molar-refractivity contribution in [2.24, 2.45) is 5.41 Å². The second-order valence-corrected chi connectivity index (χ2v) is 4.93. The summed E-state index contributed by atoms with van der Waals surface area (Å²) in [4.78, 5) is 3.95. The van der Waals surface area contributed by atoms with Gasteiger partial charge in [0.2, 0.25) is 0 Å². The molecule has 84 valence electrons. The van der Waals surface area contributed by atoms with E-state index in [0.717, 1.165) is 18.7 Å². The van der Waals surface area contributed by atoms with E-state index in [1.165, 1.54) is 19.3 Å². The Balaban J connectivity index is 1.83. The van der Waals surface area contributed by atoms with Gasteiger partial charge in [-0.1, -0.05) is 13.3 Å². The van der Waals surface area contributed by atoms with Crippen molar-refractivity contribution in [2.75, 3.05) is 6.54 Å². The first-order chi connectivity index (χ1) is 7.72. The molecule has 1 N–H and O–H groups in total. The van der Waals surface area contributed by atoms with Gasteiger partial charge in [0.25, 0.3) is 0 Å². The highest BCUT2D eigenvalue weighted by Crippen LogP contribution is 2.39. The zero-order valence-electron chi connectivity index (χ0n) is 9.66. The molecular formula is C13H17N3. The molecule has 0 unspecified atom stereocenters. The average molecular weight is 215 g/mol. The van der Waals surface area contributed by atoms with Crippen LogP contribution in [0.2, 0.25) is 0 Å². The molecule has 16 heavy (non-hydrogen) atoms. The Bertz CT molecular complexity index is 402. The summed E-state index contributed by atoms with van der Waals surface area (Å²) in [6, 6.07) is 5.86. The molecule has 0 aliphatic heterocycles. The molecule has 2 rings (SSSR count). The first-order valence-electron chi connectivity index (χ1n) is 5.78. The summed E-state index contributed by atoms with van der Waals surface area (Å²) in [7, 11) is 0. The van der Waals surface area contributed by atoms with E-state index in [9.17, 15) is 0 Å². The largest absolute Gasteiger partial charge is 0.312 e. The molecule has 1 aromatic heterocycles. The zero-order valence-corrected chi connectivity index (χ0v) is 9.66. The van der Waals surface area contributed by atoms with Crippen molar-refractivity contribution in [3.8, 4) is 6.07 Å². The molecular weight excluding hydrogens is 198 g/mol. The van der Waals surface area contributed by atoms with E-state index in [-0.39, 0.29) is 0 Å². The Morgan fingerprint density at radius 1 is 1.56 bits per heavy atom. The predicted octanol–water partition coefficient (Wildman–Crippen LogP) is 2.23. The average Bonchev–Trinajstić information content (AvgIpc) is 2.27. The smallest absolute Gasteiger partial charge is 0.140 e. The number of nitrogens with zero attached hydrogens (tertiary/aromatic N) is 2. The molecule has 0 aromatic carbocycles. The molecule has 3 nitrogen and oxygen atoms in total. The first-order valence-corrected chi connectivity index (χ1v) is 5.78. The van der Waals surface area contributed by atoms with Crippen molar-refractivity contribution in [3.05, 3.63) is 29.6 Å². The Morgan fingerprint density at radius 3 is 3.00 bits per heavy atom. The molecule has 0 saturated heterocycles. The van der Waals surface area contributed by atoms with Gasteiger partial charge in [-0.15, -0.1) is 0 Å². The molecule has 0 radical (unpaired) electrons. The molecule has 0 bridgehead atoms. The summed E-state index contributed by atoms with van der Waals surface area (Å²) in [5.74, 6) is 0. The molecule has 1 aromatic rings. The van der Waals surface area contributed by atoms with Crippen LogP contribution in [-0.2, 0) is 6.54 Å². The highest BCUT2D eigenvalue weighted by molar-refractivity contribution is 5.25. The number of nitriles is 1. The fourth-order valence-electron chi connectivity index (χ4n) is 2.11. The monoisotopic (exact) mass is 215 g/mol. The van der Waals surface area contributed by atoms with Crippen LogP contribution in [0.15, 0.2) is 18.3 Å². The van der Waals surface area contributed by atoms with E-state index in [4.69, 9.17) is 5.26 Å². The maximum atomic E-state index is 8.73. The molecule has 0 amide bonds. The van der Waals surface area contributed by atoms with Gasteiger partial charge in [-0.05, 0) is 36.0 Å². The summed E-state index contributed by atoms with van der Waals surface area (Å²) in [6.07, 6.45) is 5.73. The summed E-state index contributed by atoms with van der Waals surface area (Å²) in [5, 5.41) is 12.2. The summed E-state index contributed by atoms with van der Waals surface area (Å²) < 4.78 is 0. The van der Waals surface area contributed by atoms with Crippen LogP contribution in [0, 0.1) is 16.7 Å². The second-order valence-electron chi connectivity index (χ2n) is 4.93. The Labute approximate surface area is 96.5 Å². The number of rotatable bonds is 4. The molecule has 1 aliphatic rings. The van der Waals surface area contributed by atoms with Crippen molar-refractivity contribution in [1.82, 2.24) is 10.3 Å². The van der Waals surface area contributed by atoms with Gasteiger partial charge in [-0.2, -0.15) is 5.26 Å². The van der Waals surface area contributed by atoms with Crippen molar-refractivity contribution < 1.29 is 0 Å². The highest BCUT2D eigenvalue weighted by atomic mass is 14.9. The van der Waals surface area contributed by atoms with Crippen molar-refractivity contribution in [3.63, 3.8) is 0 Å². The lowest BCUT2D eigenvalue weighted by Crippen LogP contribution is -2.36. The van der Waals surface area contributed by atoms with Gasteiger partial charge < -0.3 is 5.32 Å². The van der Waals surface area contributed by atoms with E-state index < -0.39 is 0 Å². The van der Waals surface area contributed by atoms with Crippen molar-refractivity contribution in [2.45, 2.75) is 32.7 Å². The van der Waals surface area contributed by atoms with E-state index in [2.05, 4.69) is 23.3 Å². The SMILES string of the molecule is CC1(CNCc2ccnc(C#N)c2)CCC1. The van der Waals surface area contributed by atoms with Gasteiger partial charge in [0.05, 0.1) is 0 Å². The summed E-state index contributed by atoms with van der Waals surface area (Å²) >= 11 is 0. The van der Waals surface area contributed by atoms with Gasteiger partial charge in [0.15, 0.2) is 0 Å². The first kappa shape index (κ1) is 11.1. The van der Waals surface area contributed by atoms with Crippen LogP contribution in [0.4, 0.5) is 0 Å². The highest BCUT2D eigenvalue weighted by Gasteiger charge is 2.30. The molecule has 0 atom stereocenters. The topological polar surface area (TPSA) is 48.7 Å². The van der Waals surface area contributed by atoms with Crippen molar-refractivity contribution in [1.29, 1.82) is 5.26 Å². The number of aromatic nitrogens is 1. The van der Waals surface area contributed by atoms with Gasteiger partial charge in [0, 0.05) is 19.3 Å². The minimum atomic E-state index is 0.495. The Kier molecular flexibility index (Phi) is 3.21. The molecule has 0 spiro atoms. The van der Waals surface area contributed by atoms with Crippen LogP contribution in [-0.4, -0.2) is 11.5 Å². The maximum absolute atomic E-state index is 8.73. The van der Waals surface area contributed by atoms with Crippen LogP contribution >= 0.6 is 0 Å². The van der Waals surface area contributed by atoms with Gasteiger partial charge in [-0.3, -0.25) is 0 Å². The van der Waals surface area contributed by atoms with Crippen LogP contribution in [0.5, 0.6) is 0 Å². The number of pyridine rings is 1. The van der Waals surface area contributed by atoms with Gasteiger partial charge in [0.1, 0.15) is 11.8 Å². The lowest BCUT2D eigenvalue weighted by molar-refractivity contribution is 0.156. The van der Waals surface area contributed by atoms with E-state index in [1.807, 2.05) is 12.1 Å². The summed E-state index contributed by atoms with van der Waals surface area (Å²) in [5.41, 5.74) is 2.13. The third-order valence-corrected chi connectivity index (χ3v) is 3.38. The number of nitrogens with one attached hydrogen (secondary N) is 1. The fourth-order valence-corrected chi connectivity index (χ4v) is 2.11. The quantitative estimate of drug-likeness (QED) is 0.838. The van der Waals surface area contributed by atoms with Crippen LogP contribution in [0.25, 0.3) is 0 Å². The number of hydrogen-bond donors (Lipinski definition) is 1. The standard InChI is InChI=1S/C13H17N3/c1-13(4-2-5-13)10-15-9-11-3-6-16-12(7-11)8-14/h3,6-7,15H,2,4-5,9-10H2,1H3. The lowest BCUT2D eigenvalue weighted by atomic mass is 9.70. The molecule has 1 heterocycles. The van der Waals surface area contributed by atoms with Gasteiger partial charge in [-0.25, -0.2) is 4.98 Å². The minimum absolute atomic E-state index is 0.495. The second kappa shape index (κ2) is 4.63. The van der Waals surface area contributed by atoms with Gasteiger partial charge >= 0.3 is 0 Å². The van der Waals surface area contributed by atoms with Crippen LogP contribution in [0.1, 0.15) is 37.4 Å². The van der Waals surface area contributed by atoms with Crippen LogP contribution in [0.3, 0.4) is 0 Å². The minimum Gasteiger partial charge on any atom is -0.312 e. The zero-order chi connectivity index (χ0) is 11.4. The maximum Gasteiger partial charge on any atom is 0.140 e. The normalized spacial score (nSPS) is 17.5. The van der Waals surface area contributed by atoms with E-state index in [1.54, 1.807) is 6.20 Å². The Hall–Kier alpha value is -1.40. The Morgan fingerprint density at radius 2 is 2.38 bits per heavy atom. The van der Waals surface area contributed by atoms with E-state index in [0.29, 0.717) is 11.1 Å². The predicted molar refractivity (Wildman–Crippen MR) is 62.6 cm³/mol. The molecule has 1 aliphatic carbocycles. The molecule has 1 saturated carbocycles. The summed E-state index contributed by atoms with van der Waals surface area (Å²) in [6.45, 7) is 4.22. The fraction of sp³-hybridized carbons (Fsp3) is 0.538. The number of hydrogen-bond acceptors (Lipinski definition) is 3.